The average Bonchev–Trinajstić information content (AvgIpc) is 3.86. The zero-order valence-electron chi connectivity index (χ0n) is 29.8. The maximum absolute atomic E-state index is 16.4. The van der Waals surface area contributed by atoms with Gasteiger partial charge < -0.3 is 29.9 Å². The summed E-state index contributed by atoms with van der Waals surface area (Å²) in [5.74, 6) is -0.776. The number of carbonyl (C=O) groups is 1. The van der Waals surface area contributed by atoms with Gasteiger partial charge in [0.1, 0.15) is 47.8 Å². The van der Waals surface area contributed by atoms with Crippen LogP contribution in [0.25, 0.3) is 11.2 Å². The third-order valence-corrected chi connectivity index (χ3v) is 13.9. The molecule has 21 nitrogen and oxygen atoms in total. The van der Waals surface area contributed by atoms with Gasteiger partial charge in [0.2, 0.25) is 0 Å². The molecule has 0 amide bonds. The van der Waals surface area contributed by atoms with Crippen molar-refractivity contribution in [2.24, 2.45) is 0 Å². The second kappa shape index (κ2) is 16.3. The minimum atomic E-state index is -5.27. The van der Waals surface area contributed by atoms with Crippen LogP contribution in [0.2, 0.25) is 0 Å². The van der Waals surface area contributed by atoms with Crippen molar-refractivity contribution in [3.8, 4) is 11.5 Å². The second-order valence-electron chi connectivity index (χ2n) is 13.1. The summed E-state index contributed by atoms with van der Waals surface area (Å²) in [6.07, 6.45) is -11.9. The number of nitrogens with two attached hydrogens (primary N) is 1. The highest BCUT2D eigenvalue weighted by atomic mass is 32.7. The first-order valence-corrected chi connectivity index (χ1v) is 22.0. The Balaban J connectivity index is 1.09. The highest BCUT2D eigenvalue weighted by molar-refractivity contribution is 8.54. The molecule has 3 saturated heterocycles. The van der Waals surface area contributed by atoms with Gasteiger partial charge in [0.15, 0.2) is 36.3 Å². The van der Waals surface area contributed by atoms with E-state index in [-0.39, 0.29) is 39.8 Å². The van der Waals surface area contributed by atoms with Crippen LogP contribution in [0, 0.1) is 0 Å². The van der Waals surface area contributed by atoms with E-state index in [1.807, 2.05) is 4.98 Å². The molecule has 10 atom stereocenters. The van der Waals surface area contributed by atoms with Gasteiger partial charge in [-0.3, -0.25) is 37.0 Å². The largest absolute Gasteiger partial charge is 0.508 e. The molecule has 0 aliphatic carbocycles. The van der Waals surface area contributed by atoms with Crippen molar-refractivity contribution in [3.05, 3.63) is 105 Å². The van der Waals surface area contributed by atoms with E-state index in [2.05, 4.69) is 15.0 Å². The van der Waals surface area contributed by atoms with Crippen LogP contribution in [0.4, 0.5) is 14.6 Å². The summed E-state index contributed by atoms with van der Waals surface area (Å²) in [5.41, 5.74) is 4.83. The number of halogens is 2. The number of nitrogen functional groups attached to an aromatic ring is 1. The first kappa shape index (κ1) is 40.9. The predicted octanol–water partition coefficient (Wildman–Crippen LogP) is 3.31. The first-order valence-electron chi connectivity index (χ1n) is 17.3. The fraction of sp³-hybridized carbons (Fsp3) is 0.333. The highest BCUT2D eigenvalue weighted by Gasteiger charge is 2.55. The Labute approximate surface area is 333 Å². The number of anilines is 1. The van der Waals surface area contributed by atoms with Crippen LogP contribution in [-0.2, 0) is 42.5 Å². The number of fused-ring (bicyclic) bond motifs is 4. The van der Waals surface area contributed by atoms with E-state index in [0.29, 0.717) is 16.9 Å². The van der Waals surface area contributed by atoms with Crippen LogP contribution < -0.4 is 21.7 Å². The molecule has 5 aromatic rings. The number of aromatic amines is 1. The van der Waals surface area contributed by atoms with Gasteiger partial charge in [-0.1, -0.05) is 12.1 Å². The lowest BCUT2D eigenvalue weighted by atomic mass is 10.1. The molecule has 59 heavy (non-hydrogen) atoms. The third-order valence-electron chi connectivity index (χ3n) is 9.25. The summed E-state index contributed by atoms with van der Waals surface area (Å²) in [7, 11) is -5.27. The number of nitrogens with one attached hydrogen (secondary N) is 1. The minimum Gasteiger partial charge on any atom is -0.508 e. The Morgan fingerprint density at radius 3 is 2.39 bits per heavy atom. The molecular formula is C33H31F2N7O14P2S. The number of imidazole rings is 1. The van der Waals surface area contributed by atoms with Gasteiger partial charge in [0.05, 0.1) is 25.1 Å². The van der Waals surface area contributed by atoms with Crippen molar-refractivity contribution in [3.63, 3.8) is 0 Å². The Kier molecular flexibility index (Phi) is 11.3. The molecule has 0 radical (unpaired) electrons. The number of rotatable bonds is 7. The summed E-state index contributed by atoms with van der Waals surface area (Å²) in [5, 5.41) is 9.49. The van der Waals surface area contributed by atoms with E-state index in [9.17, 15) is 33.5 Å². The fourth-order valence-electron chi connectivity index (χ4n) is 6.36. The molecule has 3 aliphatic rings. The summed E-state index contributed by atoms with van der Waals surface area (Å²) >= 11 is 0.548. The van der Waals surface area contributed by atoms with Gasteiger partial charge in [-0.25, -0.2) is 42.5 Å². The molecular weight excluding hydrogens is 850 g/mol. The molecule has 5 N–H and O–H groups in total. The van der Waals surface area contributed by atoms with Gasteiger partial charge in [-0.15, -0.1) is 0 Å². The number of phenolic OH excluding ortho intramolecular Hbond substituents is 1. The number of H-pyrrole nitrogens is 1. The number of hydrogen-bond acceptors (Lipinski definition) is 18. The summed E-state index contributed by atoms with van der Waals surface area (Å²) in [6.45, 7) is -6.55. The number of carbonyl (C=O) groups excluding carboxylic acids is 1. The molecule has 3 fully saturated rings. The van der Waals surface area contributed by atoms with Gasteiger partial charge in [0.25, 0.3) is 5.56 Å². The fourth-order valence-corrected chi connectivity index (χ4v) is 10.7. The van der Waals surface area contributed by atoms with Crippen molar-refractivity contribution in [1.82, 2.24) is 29.1 Å². The molecule has 0 saturated carbocycles. The molecule has 26 heteroatoms. The van der Waals surface area contributed by atoms with E-state index in [4.69, 9.17) is 38.0 Å². The predicted molar refractivity (Wildman–Crippen MR) is 199 cm³/mol. The van der Waals surface area contributed by atoms with Crippen LogP contribution in [0.15, 0.2) is 83.0 Å². The van der Waals surface area contributed by atoms with E-state index >= 15 is 8.78 Å². The summed E-state index contributed by atoms with van der Waals surface area (Å²) < 4.78 is 102. The quantitative estimate of drug-likeness (QED) is 0.104. The lowest BCUT2D eigenvalue weighted by Gasteiger charge is -2.27. The molecule has 3 aromatic heterocycles. The number of phosphoric acid groups is 1. The zero-order valence-corrected chi connectivity index (χ0v) is 32.4. The lowest BCUT2D eigenvalue weighted by molar-refractivity contribution is -0.0635. The van der Waals surface area contributed by atoms with Crippen molar-refractivity contribution in [1.29, 1.82) is 0 Å². The minimum absolute atomic E-state index is 0.0251. The van der Waals surface area contributed by atoms with Gasteiger partial charge >= 0.3 is 26.3 Å². The topological polar surface area (TPSA) is 281 Å². The van der Waals surface area contributed by atoms with E-state index in [1.54, 1.807) is 0 Å². The van der Waals surface area contributed by atoms with Gasteiger partial charge in [-0.2, -0.15) is 0 Å². The number of benzene rings is 2. The number of alkyl halides is 2. The number of aromatic hydroxyl groups is 1. The maximum atomic E-state index is 16.4. The van der Waals surface area contributed by atoms with Gasteiger partial charge in [-0.05, 0) is 53.3 Å². The molecule has 1 unspecified atom stereocenters. The summed E-state index contributed by atoms with van der Waals surface area (Å²) in [6, 6.07) is 12.3. The highest BCUT2D eigenvalue weighted by Crippen LogP contribution is 2.65. The molecule has 0 spiro atoms. The van der Waals surface area contributed by atoms with Crippen molar-refractivity contribution < 1.29 is 65.0 Å². The van der Waals surface area contributed by atoms with E-state index in [0.717, 1.165) is 34.1 Å². The number of aromatic nitrogens is 6. The Bertz CT molecular complexity index is 2590. The van der Waals surface area contributed by atoms with Crippen molar-refractivity contribution in [2.75, 3.05) is 18.9 Å². The smallest absolute Gasteiger partial charge is 0.472 e. The number of esters is 1. The van der Waals surface area contributed by atoms with Crippen LogP contribution in [0.1, 0.15) is 28.4 Å². The van der Waals surface area contributed by atoms with Gasteiger partial charge in [0, 0.05) is 18.0 Å². The summed E-state index contributed by atoms with van der Waals surface area (Å²) in [4.78, 5) is 62.0. The molecule has 2 aromatic carbocycles. The van der Waals surface area contributed by atoms with E-state index in [1.165, 1.54) is 48.5 Å². The van der Waals surface area contributed by atoms with Crippen LogP contribution in [0.5, 0.6) is 11.5 Å². The van der Waals surface area contributed by atoms with Crippen LogP contribution in [0.3, 0.4) is 0 Å². The number of ether oxygens (including phenoxy) is 3. The van der Waals surface area contributed by atoms with Crippen molar-refractivity contribution >= 4 is 49.0 Å². The Morgan fingerprint density at radius 1 is 0.915 bits per heavy atom. The lowest BCUT2D eigenvalue weighted by Crippen LogP contribution is -2.37. The number of hydrogen-bond donors (Lipinski definition) is 4. The third kappa shape index (κ3) is 8.59. The monoisotopic (exact) mass is 881 g/mol. The van der Waals surface area contributed by atoms with E-state index < -0.39 is 94.3 Å². The van der Waals surface area contributed by atoms with Crippen molar-refractivity contribution in [2.45, 2.75) is 55.0 Å². The first-order chi connectivity index (χ1) is 28.2. The molecule has 6 heterocycles. The Morgan fingerprint density at radius 2 is 1.64 bits per heavy atom. The average molecular weight is 882 g/mol. The Hall–Kier alpha value is -4.87. The molecule has 312 valence electrons. The SMILES string of the molecule is Nc1ncnc2c1ncn2[C@@H]1O[C@@H]2CO[P@](=O)(SCc3ccc(OC(=O)c4ccc(O)cc4)cc3)O[C@@H]3[C@H](F)[C@@H](COP(=O)(O)O[C@H]2[C@H]1F)O[C@H]3n1ccc(=O)[nH]c1=O. The normalized spacial score (nSPS) is 31.2. The number of nitrogens with zero attached hydrogens (tertiary/aromatic N) is 5. The molecule has 2 bridgehead atoms. The maximum Gasteiger partial charge on any atom is 0.472 e. The molecule has 3 aliphatic heterocycles. The molecule has 8 rings (SSSR count). The number of phosphoric ester groups is 1. The second-order valence-corrected chi connectivity index (χ2v) is 18.6. The zero-order chi connectivity index (χ0) is 41.6. The van der Waals surface area contributed by atoms with Crippen LogP contribution >= 0.6 is 26.0 Å². The number of phenols is 1. The standard InChI is InChI=1S/C33H31F2N7O14P2S/c34-23-20-11-50-57(47,48)55-26-21(54-30(24(26)35)42-15-39-25-28(36)37-14-38-29(25)42)12-51-58(49,56-27(23)31(53-20)41-10-9-22(44)40-33(41)46)59-13-16-1-7-19(8-2-16)52-32(45)17-3-5-18(43)6-4-17/h1-10,14-15,20-21,23-24,26-27,30-31,43H,11-13H2,(H,47,48)(H2,36,37,38)(H,40,44,46)/t20-,21-,23-,24-,26-,27-,30-,31-,58+/m1/s1. The van der Waals surface area contributed by atoms with Crippen LogP contribution in [-0.4, -0.2) is 95.0 Å².